The molecule has 0 saturated carbocycles. The van der Waals surface area contributed by atoms with Gasteiger partial charge in [-0.1, -0.05) is 42.8 Å². The molecule has 0 aliphatic heterocycles. The molecule has 1 heterocycles. The Labute approximate surface area is 171 Å². The molecule has 0 atom stereocenters. The lowest BCUT2D eigenvalue weighted by atomic mass is 10.1. The molecule has 7 nitrogen and oxygen atoms in total. The van der Waals surface area contributed by atoms with E-state index in [0.29, 0.717) is 24.8 Å². The Morgan fingerprint density at radius 1 is 1.10 bits per heavy atom. The summed E-state index contributed by atoms with van der Waals surface area (Å²) in [6, 6.07) is 14.5. The Bertz CT molecular complexity index is 1050. The standard InChI is InChI=1S/C21H26N4O3S/c1-4-5-14-25(3)29(26,27)18-12-10-17(11-13-18)22-15-20-23-21(24-28-20)19-9-7-6-8-16(19)2/h6-13,22H,4-5,14-15H2,1-3H3. The third-order valence-electron chi connectivity index (χ3n) is 4.69. The van der Waals surface area contributed by atoms with E-state index in [0.717, 1.165) is 29.7 Å². The number of rotatable bonds is 9. The van der Waals surface area contributed by atoms with Crippen molar-refractivity contribution in [3.05, 3.63) is 60.0 Å². The number of unbranched alkanes of at least 4 members (excludes halogenated alkanes) is 1. The van der Waals surface area contributed by atoms with Crippen molar-refractivity contribution in [1.82, 2.24) is 14.4 Å². The summed E-state index contributed by atoms with van der Waals surface area (Å²) in [4.78, 5) is 4.70. The van der Waals surface area contributed by atoms with Crippen LogP contribution in [-0.4, -0.2) is 36.5 Å². The smallest absolute Gasteiger partial charge is 0.246 e. The highest BCUT2D eigenvalue weighted by Crippen LogP contribution is 2.21. The molecule has 0 unspecified atom stereocenters. The van der Waals surface area contributed by atoms with Crippen molar-refractivity contribution in [2.24, 2.45) is 0 Å². The van der Waals surface area contributed by atoms with Crippen LogP contribution in [0, 0.1) is 6.92 Å². The zero-order chi connectivity index (χ0) is 20.9. The van der Waals surface area contributed by atoms with E-state index >= 15 is 0 Å². The summed E-state index contributed by atoms with van der Waals surface area (Å²) in [6.07, 6.45) is 1.79. The lowest BCUT2D eigenvalue weighted by Crippen LogP contribution is -2.27. The summed E-state index contributed by atoms with van der Waals surface area (Å²) in [5.41, 5.74) is 2.79. The van der Waals surface area contributed by atoms with Gasteiger partial charge >= 0.3 is 0 Å². The van der Waals surface area contributed by atoms with Crippen LogP contribution in [-0.2, 0) is 16.6 Å². The Kier molecular flexibility index (Phi) is 6.66. The molecule has 8 heteroatoms. The predicted molar refractivity (Wildman–Crippen MR) is 113 cm³/mol. The van der Waals surface area contributed by atoms with Gasteiger partial charge < -0.3 is 9.84 Å². The molecule has 29 heavy (non-hydrogen) atoms. The minimum atomic E-state index is -3.46. The zero-order valence-corrected chi connectivity index (χ0v) is 17.7. The van der Waals surface area contributed by atoms with Crippen molar-refractivity contribution in [3.8, 4) is 11.4 Å². The number of hydrogen-bond donors (Lipinski definition) is 1. The van der Waals surface area contributed by atoms with Crippen LogP contribution in [0.15, 0.2) is 57.9 Å². The first-order valence-corrected chi connectivity index (χ1v) is 11.0. The van der Waals surface area contributed by atoms with E-state index in [1.807, 2.05) is 38.1 Å². The van der Waals surface area contributed by atoms with Gasteiger partial charge in [-0.2, -0.15) is 4.98 Å². The van der Waals surface area contributed by atoms with Gasteiger partial charge in [-0.25, -0.2) is 12.7 Å². The molecular weight excluding hydrogens is 388 g/mol. The van der Waals surface area contributed by atoms with E-state index < -0.39 is 10.0 Å². The summed E-state index contributed by atoms with van der Waals surface area (Å²) >= 11 is 0. The Morgan fingerprint density at radius 2 is 1.83 bits per heavy atom. The average molecular weight is 415 g/mol. The minimum Gasteiger partial charge on any atom is -0.376 e. The van der Waals surface area contributed by atoms with E-state index in [9.17, 15) is 8.42 Å². The number of aromatic nitrogens is 2. The van der Waals surface area contributed by atoms with E-state index in [1.165, 1.54) is 4.31 Å². The molecule has 1 aromatic heterocycles. The molecule has 3 rings (SSSR count). The van der Waals surface area contributed by atoms with Crippen LogP contribution < -0.4 is 5.32 Å². The van der Waals surface area contributed by atoms with Gasteiger partial charge in [0, 0.05) is 24.8 Å². The quantitative estimate of drug-likeness (QED) is 0.568. The highest BCUT2D eigenvalue weighted by atomic mass is 32.2. The highest BCUT2D eigenvalue weighted by Gasteiger charge is 2.20. The second-order valence-electron chi connectivity index (χ2n) is 6.88. The fourth-order valence-corrected chi connectivity index (χ4v) is 4.07. The van der Waals surface area contributed by atoms with Crippen molar-refractivity contribution in [2.75, 3.05) is 18.9 Å². The number of hydrogen-bond acceptors (Lipinski definition) is 6. The van der Waals surface area contributed by atoms with Gasteiger partial charge in [-0.3, -0.25) is 0 Å². The van der Waals surface area contributed by atoms with Crippen LogP contribution in [0.2, 0.25) is 0 Å². The summed E-state index contributed by atoms with van der Waals surface area (Å²) in [5, 5.41) is 7.22. The second kappa shape index (κ2) is 9.19. The topological polar surface area (TPSA) is 88.3 Å². The van der Waals surface area contributed by atoms with Gasteiger partial charge in [0.15, 0.2) is 0 Å². The summed E-state index contributed by atoms with van der Waals surface area (Å²) < 4.78 is 31.8. The van der Waals surface area contributed by atoms with Crippen molar-refractivity contribution in [1.29, 1.82) is 0 Å². The molecule has 0 spiro atoms. The van der Waals surface area contributed by atoms with Crippen LogP contribution in [0.3, 0.4) is 0 Å². The van der Waals surface area contributed by atoms with Crippen LogP contribution >= 0.6 is 0 Å². The molecule has 1 N–H and O–H groups in total. The number of anilines is 1. The molecule has 0 aliphatic carbocycles. The number of nitrogens with one attached hydrogen (secondary N) is 1. The maximum absolute atomic E-state index is 12.6. The number of sulfonamides is 1. The molecule has 0 aliphatic rings. The van der Waals surface area contributed by atoms with Crippen molar-refractivity contribution < 1.29 is 12.9 Å². The van der Waals surface area contributed by atoms with Gasteiger partial charge in [-0.15, -0.1) is 0 Å². The van der Waals surface area contributed by atoms with Gasteiger partial charge in [0.25, 0.3) is 0 Å². The lowest BCUT2D eigenvalue weighted by molar-refractivity contribution is 0.384. The molecule has 0 bridgehead atoms. The predicted octanol–water partition coefficient (Wildman–Crippen LogP) is 4.08. The largest absolute Gasteiger partial charge is 0.376 e. The molecule has 0 amide bonds. The maximum atomic E-state index is 12.6. The molecule has 154 valence electrons. The summed E-state index contributed by atoms with van der Waals surface area (Å²) in [5.74, 6) is 1.01. The van der Waals surface area contributed by atoms with Gasteiger partial charge in [-0.05, 0) is 43.2 Å². The van der Waals surface area contributed by atoms with Crippen LogP contribution in [0.5, 0.6) is 0 Å². The first-order valence-electron chi connectivity index (χ1n) is 9.60. The highest BCUT2D eigenvalue weighted by molar-refractivity contribution is 7.89. The fraction of sp³-hybridized carbons (Fsp3) is 0.333. The minimum absolute atomic E-state index is 0.279. The zero-order valence-electron chi connectivity index (χ0n) is 16.9. The first kappa shape index (κ1) is 21.0. The third-order valence-corrected chi connectivity index (χ3v) is 6.56. The van der Waals surface area contributed by atoms with E-state index in [1.54, 1.807) is 31.3 Å². The normalized spacial score (nSPS) is 11.7. The molecular formula is C21H26N4O3S. The number of aryl methyl sites for hydroxylation is 1. The van der Waals surface area contributed by atoms with Crippen molar-refractivity contribution >= 4 is 15.7 Å². The number of benzene rings is 2. The molecule has 0 saturated heterocycles. The Morgan fingerprint density at radius 3 is 2.52 bits per heavy atom. The van der Waals surface area contributed by atoms with Gasteiger partial charge in [0.2, 0.25) is 21.7 Å². The van der Waals surface area contributed by atoms with Crippen molar-refractivity contribution in [2.45, 2.75) is 38.1 Å². The Hall–Kier alpha value is -2.71. The van der Waals surface area contributed by atoms with Gasteiger partial charge in [0.1, 0.15) is 0 Å². The second-order valence-corrected chi connectivity index (χ2v) is 8.93. The van der Waals surface area contributed by atoms with Crippen LogP contribution in [0.1, 0.15) is 31.2 Å². The third kappa shape index (κ3) is 5.02. The van der Waals surface area contributed by atoms with E-state index in [4.69, 9.17) is 4.52 Å². The van der Waals surface area contributed by atoms with E-state index in [2.05, 4.69) is 15.5 Å². The van der Waals surface area contributed by atoms with Crippen LogP contribution in [0.4, 0.5) is 5.69 Å². The van der Waals surface area contributed by atoms with Crippen LogP contribution in [0.25, 0.3) is 11.4 Å². The van der Waals surface area contributed by atoms with Gasteiger partial charge in [0.05, 0.1) is 11.4 Å². The fourth-order valence-electron chi connectivity index (χ4n) is 2.86. The number of nitrogens with zero attached hydrogens (tertiary/aromatic N) is 3. The Balaban J connectivity index is 1.63. The molecule has 0 radical (unpaired) electrons. The van der Waals surface area contributed by atoms with E-state index in [-0.39, 0.29) is 4.90 Å². The maximum Gasteiger partial charge on any atom is 0.246 e. The summed E-state index contributed by atoms with van der Waals surface area (Å²) in [7, 11) is -1.85. The summed E-state index contributed by atoms with van der Waals surface area (Å²) in [6.45, 7) is 4.90. The van der Waals surface area contributed by atoms with Crippen molar-refractivity contribution in [3.63, 3.8) is 0 Å². The SMILES string of the molecule is CCCCN(C)S(=O)(=O)c1ccc(NCc2nc(-c3ccccc3C)no2)cc1. The molecule has 0 fully saturated rings. The molecule has 3 aromatic rings. The average Bonchev–Trinajstić information content (AvgIpc) is 3.20. The lowest BCUT2D eigenvalue weighted by Gasteiger charge is -2.17. The monoisotopic (exact) mass is 414 g/mol. The molecule has 2 aromatic carbocycles. The first-order chi connectivity index (χ1) is 13.9.